The van der Waals surface area contributed by atoms with E-state index in [1.807, 2.05) is 26.0 Å². The molecule has 14 atom stereocenters. The minimum atomic E-state index is -2.50. The molecule has 3 heterocycles. The minimum absolute atomic E-state index is 0.0303. The van der Waals surface area contributed by atoms with E-state index in [1.54, 1.807) is 27.7 Å². The molecule has 3 fully saturated rings. The third-order valence-corrected chi connectivity index (χ3v) is 12.4. The fraction of sp³-hybridized carbons (Fsp3) is 0.805. The number of methoxy groups -OCH3 is 2. The first-order valence-corrected chi connectivity index (χ1v) is 19.9. The van der Waals surface area contributed by atoms with Gasteiger partial charge in [0.25, 0.3) is 11.7 Å². The highest BCUT2D eigenvalue weighted by Crippen LogP contribution is 2.39. The quantitative estimate of drug-likeness (QED) is 0.176. The number of fused-ring (bicyclic) bond motifs is 3. The molecular weight excluding hydrogens is 698 g/mol. The summed E-state index contributed by atoms with van der Waals surface area (Å²) in [5.74, 6) is -7.87. The topological polar surface area (TPSA) is 189 Å². The van der Waals surface area contributed by atoms with Gasteiger partial charge < -0.3 is 44.3 Å². The third-order valence-electron chi connectivity index (χ3n) is 12.4. The van der Waals surface area contributed by atoms with Crippen molar-refractivity contribution >= 4 is 23.4 Å². The number of cyclic esters (lactones) is 1. The highest BCUT2D eigenvalue weighted by Gasteiger charge is 2.56. The van der Waals surface area contributed by atoms with Crippen molar-refractivity contribution in [2.75, 3.05) is 20.8 Å². The Bertz CT molecular complexity index is 1400. The number of nitrogens with zero attached hydrogens (tertiary/aromatic N) is 1. The number of rotatable bonds is 6. The van der Waals surface area contributed by atoms with Crippen LogP contribution in [-0.4, -0.2) is 124 Å². The summed E-state index contributed by atoms with van der Waals surface area (Å²) in [5.41, 5.74) is 1.55. The third kappa shape index (κ3) is 10.3. The number of amides is 1. The molecular formula is C41H65NO12. The summed E-state index contributed by atoms with van der Waals surface area (Å²) in [5, 5.41) is 43.7. The molecule has 1 aliphatic carbocycles. The lowest BCUT2D eigenvalue weighted by molar-refractivity contribution is -0.302. The molecule has 4 aliphatic rings. The van der Waals surface area contributed by atoms with Gasteiger partial charge in [-0.2, -0.15) is 0 Å². The van der Waals surface area contributed by atoms with Gasteiger partial charge in [-0.25, -0.2) is 4.79 Å². The zero-order valence-corrected chi connectivity index (χ0v) is 33.4. The lowest BCUT2D eigenvalue weighted by Crippen LogP contribution is -2.64. The molecule has 13 nitrogen and oxygen atoms in total. The van der Waals surface area contributed by atoms with Gasteiger partial charge in [0.05, 0.1) is 30.5 Å². The van der Waals surface area contributed by atoms with Gasteiger partial charge in [-0.15, -0.1) is 0 Å². The van der Waals surface area contributed by atoms with Crippen molar-refractivity contribution in [3.63, 3.8) is 0 Å². The van der Waals surface area contributed by atoms with Gasteiger partial charge in [-0.05, 0) is 89.0 Å². The summed E-state index contributed by atoms with van der Waals surface area (Å²) >= 11 is 0. The number of aliphatic hydroxyl groups excluding tert-OH is 3. The monoisotopic (exact) mass is 763 g/mol. The zero-order valence-electron chi connectivity index (χ0n) is 33.4. The van der Waals surface area contributed by atoms with Crippen LogP contribution in [0.4, 0.5) is 0 Å². The smallest absolute Gasteiger partial charge is 0.329 e. The van der Waals surface area contributed by atoms with E-state index < -0.39 is 90.0 Å². The van der Waals surface area contributed by atoms with E-state index >= 15 is 0 Å². The van der Waals surface area contributed by atoms with Gasteiger partial charge in [0.15, 0.2) is 0 Å². The number of allylic oxidation sites excluding steroid dienone is 3. The normalized spacial score (nSPS) is 39.7. The largest absolute Gasteiger partial charge is 0.460 e. The predicted octanol–water partition coefficient (Wildman–Crippen LogP) is 3.43. The lowest BCUT2D eigenvalue weighted by atomic mass is 9.82. The summed E-state index contributed by atoms with van der Waals surface area (Å²) in [6.07, 6.45) is 1.76. The van der Waals surface area contributed by atoms with Crippen molar-refractivity contribution in [3.8, 4) is 0 Å². The Kier molecular flexibility index (Phi) is 15.6. The van der Waals surface area contributed by atoms with E-state index in [0.29, 0.717) is 50.5 Å². The number of piperidine rings is 1. The number of hydrogen-bond acceptors (Lipinski definition) is 12. The number of carbonyl (C=O) groups excluding carboxylic acids is 4. The van der Waals surface area contributed by atoms with Crippen LogP contribution in [0.1, 0.15) is 106 Å². The number of esters is 1. The van der Waals surface area contributed by atoms with Gasteiger partial charge in [0, 0.05) is 44.9 Å². The molecule has 2 bridgehead atoms. The summed E-state index contributed by atoms with van der Waals surface area (Å²) < 4.78 is 23.9. The molecule has 0 aromatic carbocycles. The van der Waals surface area contributed by atoms with Crippen LogP contribution in [-0.2, 0) is 38.1 Å². The van der Waals surface area contributed by atoms with Crippen LogP contribution >= 0.6 is 0 Å². The molecule has 3 aliphatic heterocycles. The lowest BCUT2D eigenvalue weighted by Gasteiger charge is -2.47. The predicted molar refractivity (Wildman–Crippen MR) is 199 cm³/mol. The van der Waals surface area contributed by atoms with Crippen LogP contribution in [0, 0.1) is 29.6 Å². The number of hydrogen-bond donors (Lipinski definition) is 4. The van der Waals surface area contributed by atoms with Crippen LogP contribution in [0.3, 0.4) is 0 Å². The van der Waals surface area contributed by atoms with E-state index in [2.05, 4.69) is 0 Å². The molecule has 1 amide bonds. The van der Waals surface area contributed by atoms with E-state index in [4.69, 9.17) is 18.9 Å². The van der Waals surface area contributed by atoms with Gasteiger partial charge in [-0.3, -0.25) is 14.4 Å². The average Bonchev–Trinajstić information content (AvgIpc) is 3.14. The first-order chi connectivity index (χ1) is 25.4. The van der Waals surface area contributed by atoms with Crippen LogP contribution in [0.2, 0.25) is 0 Å². The molecule has 0 aromatic heterocycles. The molecule has 13 heteroatoms. The van der Waals surface area contributed by atoms with Crippen molar-refractivity contribution in [3.05, 3.63) is 23.3 Å². The van der Waals surface area contributed by atoms with Crippen LogP contribution < -0.4 is 0 Å². The van der Waals surface area contributed by atoms with E-state index in [9.17, 15) is 39.6 Å². The van der Waals surface area contributed by atoms with Crippen LogP contribution in [0.5, 0.6) is 0 Å². The standard InChI is InChI=1S/C41H65NO12/c1-22-15-23(2)17-34(51-7)37-35(52-8)19-26(5)41(50,54-37)38(47)39(48)42-14-10-9-11-29(42)40(49)53-33(21-31(44)24(3)16-22)27(6)36(46)25(4)18-28-12-13-30(43)32(45)20-28/h16,18,23-24,26-30,32-37,43,45-46,50H,9-15,17,19-21H2,1-8H3. The summed E-state index contributed by atoms with van der Waals surface area (Å²) in [7, 11) is 3.05. The van der Waals surface area contributed by atoms with Crippen molar-refractivity contribution < 1.29 is 58.6 Å². The SMILES string of the molecule is COC1CC(C)CC(C)=CC(C)C(=O)CC(C(C)C(O)C(C)=CC2CCC(O)C(O)C2)OC(=O)C2CCCCN2C(=O)C(=O)C2(O)OC1C(OC)CC2C. The highest BCUT2D eigenvalue weighted by molar-refractivity contribution is 6.39. The van der Waals surface area contributed by atoms with Gasteiger partial charge in [0.2, 0.25) is 5.79 Å². The van der Waals surface area contributed by atoms with Crippen LogP contribution in [0.15, 0.2) is 23.3 Å². The number of carbonyl (C=O) groups is 4. The Balaban J connectivity index is 1.70. The molecule has 4 N–H and O–H groups in total. The first-order valence-electron chi connectivity index (χ1n) is 19.9. The Labute approximate surface area is 320 Å². The number of ketones is 2. The van der Waals surface area contributed by atoms with Crippen LogP contribution in [0.25, 0.3) is 0 Å². The van der Waals surface area contributed by atoms with E-state index in [1.165, 1.54) is 14.2 Å². The van der Waals surface area contributed by atoms with Gasteiger partial charge >= 0.3 is 5.97 Å². The zero-order chi connectivity index (χ0) is 40.1. The summed E-state index contributed by atoms with van der Waals surface area (Å²) in [4.78, 5) is 57.2. The minimum Gasteiger partial charge on any atom is -0.460 e. The van der Waals surface area contributed by atoms with Gasteiger partial charge in [0.1, 0.15) is 24.0 Å². The van der Waals surface area contributed by atoms with E-state index in [0.717, 1.165) is 10.5 Å². The molecule has 306 valence electrons. The Morgan fingerprint density at radius 3 is 2.28 bits per heavy atom. The molecule has 1 saturated carbocycles. The molecule has 54 heavy (non-hydrogen) atoms. The second kappa shape index (κ2) is 19.1. The molecule has 4 rings (SSSR count). The number of Topliss-reactive ketones (excluding diaryl/α,β-unsaturated/α-hetero) is 2. The Morgan fingerprint density at radius 1 is 0.963 bits per heavy atom. The fourth-order valence-corrected chi connectivity index (χ4v) is 8.90. The molecule has 0 aromatic rings. The second-order valence-electron chi connectivity index (χ2n) is 16.7. The van der Waals surface area contributed by atoms with E-state index in [-0.39, 0.29) is 43.4 Å². The fourth-order valence-electron chi connectivity index (χ4n) is 8.90. The maximum atomic E-state index is 14.1. The van der Waals surface area contributed by atoms with Crippen molar-refractivity contribution in [2.45, 2.75) is 160 Å². The summed E-state index contributed by atoms with van der Waals surface area (Å²) in [6.45, 7) is 10.9. The molecule has 14 unspecified atom stereocenters. The highest BCUT2D eigenvalue weighted by atomic mass is 16.7. The first kappa shape index (κ1) is 44.2. The number of ether oxygens (including phenoxy) is 4. The number of aliphatic hydroxyl groups is 4. The maximum Gasteiger partial charge on any atom is 0.329 e. The Morgan fingerprint density at radius 2 is 1.63 bits per heavy atom. The molecule has 0 radical (unpaired) electrons. The molecule has 2 saturated heterocycles. The maximum absolute atomic E-state index is 14.1. The van der Waals surface area contributed by atoms with Gasteiger partial charge in [-0.1, -0.05) is 45.4 Å². The van der Waals surface area contributed by atoms with Crippen molar-refractivity contribution in [1.82, 2.24) is 4.90 Å². The second-order valence-corrected chi connectivity index (χ2v) is 16.7. The molecule has 0 spiro atoms. The summed E-state index contributed by atoms with van der Waals surface area (Å²) in [6, 6.07) is -1.16. The Hall–Kier alpha value is -2.52. The van der Waals surface area contributed by atoms with Crippen molar-refractivity contribution in [1.29, 1.82) is 0 Å². The average molecular weight is 764 g/mol. The van der Waals surface area contributed by atoms with Crippen molar-refractivity contribution in [2.24, 2.45) is 29.6 Å².